The Morgan fingerprint density at radius 2 is 1.96 bits per heavy atom. The van der Waals surface area contributed by atoms with Crippen molar-refractivity contribution >= 4 is 15.9 Å². The van der Waals surface area contributed by atoms with E-state index in [4.69, 9.17) is 0 Å². The van der Waals surface area contributed by atoms with Gasteiger partial charge in [-0.05, 0) is 18.4 Å². The van der Waals surface area contributed by atoms with Gasteiger partial charge in [-0.2, -0.15) is 0 Å². The monoisotopic (exact) mass is 403 g/mol. The number of nitrogens with zero attached hydrogens (tertiary/aromatic N) is 4. The third kappa shape index (κ3) is 3.95. The molecule has 8 nitrogen and oxygen atoms in total. The van der Waals surface area contributed by atoms with E-state index in [9.17, 15) is 13.2 Å². The molecule has 2 aliphatic heterocycles. The number of aryl methyl sites for hydroxylation is 1. The van der Waals surface area contributed by atoms with E-state index in [1.165, 1.54) is 10.6 Å². The Morgan fingerprint density at radius 1 is 1.18 bits per heavy atom. The summed E-state index contributed by atoms with van der Waals surface area (Å²) in [5.74, 6) is 1.64. The summed E-state index contributed by atoms with van der Waals surface area (Å²) in [6.07, 6.45) is 3.43. The third-order valence-corrected chi connectivity index (χ3v) is 6.91. The number of nitrogens with one attached hydrogen (secondary N) is 1. The second-order valence-corrected chi connectivity index (χ2v) is 9.61. The lowest BCUT2D eigenvalue weighted by molar-refractivity contribution is -0.126. The van der Waals surface area contributed by atoms with Crippen LogP contribution < -0.4 is 5.32 Å². The van der Waals surface area contributed by atoms with Gasteiger partial charge in [-0.3, -0.25) is 4.79 Å². The van der Waals surface area contributed by atoms with Gasteiger partial charge < -0.3 is 9.88 Å². The molecule has 2 aromatic rings. The van der Waals surface area contributed by atoms with Crippen molar-refractivity contribution in [3.63, 3.8) is 0 Å². The van der Waals surface area contributed by atoms with Gasteiger partial charge in [0, 0.05) is 38.5 Å². The normalized spacial score (nSPS) is 22.8. The molecule has 0 saturated carbocycles. The standard InChI is InChI=1S/C19H25N5O3S/c1-28(26,27)23-10-9-15(12-23)18-22-21-17-8-7-16(13-24(17)18)19(25)20-11-14-5-3-2-4-6-14/h2-6,15-16H,7-13H2,1H3,(H,20,25)/t15-,16-/m1/s1. The molecule has 0 unspecified atom stereocenters. The fourth-order valence-electron chi connectivity index (χ4n) is 4.03. The predicted octanol–water partition coefficient (Wildman–Crippen LogP) is 0.906. The van der Waals surface area contributed by atoms with Crippen LogP contribution in [-0.2, 0) is 34.3 Å². The summed E-state index contributed by atoms with van der Waals surface area (Å²) in [4.78, 5) is 12.7. The van der Waals surface area contributed by atoms with Crippen molar-refractivity contribution in [1.29, 1.82) is 0 Å². The Balaban J connectivity index is 1.42. The highest BCUT2D eigenvalue weighted by molar-refractivity contribution is 7.88. The number of hydrogen-bond donors (Lipinski definition) is 1. The number of rotatable bonds is 5. The number of carbonyl (C=O) groups is 1. The molecule has 1 saturated heterocycles. The lowest BCUT2D eigenvalue weighted by Gasteiger charge is -2.25. The van der Waals surface area contributed by atoms with Gasteiger partial charge in [0.1, 0.15) is 11.6 Å². The molecule has 1 N–H and O–H groups in total. The average Bonchev–Trinajstić information content (AvgIpc) is 3.33. The van der Waals surface area contributed by atoms with Crippen molar-refractivity contribution in [2.75, 3.05) is 19.3 Å². The minimum Gasteiger partial charge on any atom is -0.352 e. The SMILES string of the molecule is CS(=O)(=O)N1CC[C@@H](c2nnc3n2C[C@H](C(=O)NCc2ccccc2)CC3)C1. The van der Waals surface area contributed by atoms with Crippen molar-refractivity contribution in [3.05, 3.63) is 47.5 Å². The summed E-state index contributed by atoms with van der Waals surface area (Å²) >= 11 is 0. The summed E-state index contributed by atoms with van der Waals surface area (Å²) in [6.45, 7) is 2.01. The van der Waals surface area contributed by atoms with Gasteiger partial charge in [0.15, 0.2) is 0 Å². The maximum atomic E-state index is 12.7. The van der Waals surface area contributed by atoms with E-state index in [-0.39, 0.29) is 17.7 Å². The van der Waals surface area contributed by atoms with Gasteiger partial charge in [-0.15, -0.1) is 10.2 Å². The van der Waals surface area contributed by atoms with E-state index in [0.29, 0.717) is 32.6 Å². The van der Waals surface area contributed by atoms with Gasteiger partial charge >= 0.3 is 0 Å². The fraction of sp³-hybridized carbons (Fsp3) is 0.526. The molecule has 1 fully saturated rings. The van der Waals surface area contributed by atoms with E-state index >= 15 is 0 Å². The first-order valence-corrected chi connectivity index (χ1v) is 11.5. The quantitative estimate of drug-likeness (QED) is 0.800. The van der Waals surface area contributed by atoms with Crippen LogP contribution in [0.5, 0.6) is 0 Å². The summed E-state index contributed by atoms with van der Waals surface area (Å²) in [7, 11) is -3.19. The average molecular weight is 404 g/mol. The molecule has 0 aliphatic carbocycles. The maximum Gasteiger partial charge on any atom is 0.225 e. The zero-order valence-corrected chi connectivity index (χ0v) is 16.7. The zero-order valence-electron chi connectivity index (χ0n) is 15.9. The molecule has 0 radical (unpaired) electrons. The molecule has 28 heavy (non-hydrogen) atoms. The van der Waals surface area contributed by atoms with E-state index in [0.717, 1.165) is 30.1 Å². The number of sulfonamides is 1. The number of carbonyl (C=O) groups excluding carboxylic acids is 1. The molecule has 1 aromatic heterocycles. The Kier molecular flexibility index (Phi) is 5.20. The van der Waals surface area contributed by atoms with Gasteiger partial charge in [0.2, 0.25) is 15.9 Å². The second-order valence-electron chi connectivity index (χ2n) is 7.63. The van der Waals surface area contributed by atoms with Crippen LogP contribution in [0, 0.1) is 5.92 Å². The van der Waals surface area contributed by atoms with Crippen LogP contribution in [0.3, 0.4) is 0 Å². The second kappa shape index (κ2) is 7.63. The molecule has 150 valence electrons. The first-order valence-electron chi connectivity index (χ1n) is 9.60. The van der Waals surface area contributed by atoms with Crippen molar-refractivity contribution in [1.82, 2.24) is 24.4 Å². The minimum atomic E-state index is -3.19. The minimum absolute atomic E-state index is 0.0297. The van der Waals surface area contributed by atoms with Crippen LogP contribution >= 0.6 is 0 Å². The highest BCUT2D eigenvalue weighted by Crippen LogP contribution is 2.30. The molecule has 2 aliphatic rings. The van der Waals surface area contributed by atoms with Gasteiger partial charge in [-0.25, -0.2) is 12.7 Å². The van der Waals surface area contributed by atoms with Gasteiger partial charge in [0.05, 0.1) is 12.2 Å². The highest BCUT2D eigenvalue weighted by atomic mass is 32.2. The van der Waals surface area contributed by atoms with Crippen LogP contribution in [0.15, 0.2) is 30.3 Å². The largest absolute Gasteiger partial charge is 0.352 e. The van der Waals surface area contributed by atoms with Crippen molar-refractivity contribution < 1.29 is 13.2 Å². The smallest absolute Gasteiger partial charge is 0.225 e. The van der Waals surface area contributed by atoms with Crippen LogP contribution in [0.25, 0.3) is 0 Å². The van der Waals surface area contributed by atoms with Gasteiger partial charge in [0.25, 0.3) is 0 Å². The Hall–Kier alpha value is -2.26. The molecule has 3 heterocycles. The molecule has 1 amide bonds. The molecule has 0 spiro atoms. The van der Waals surface area contributed by atoms with Crippen molar-refractivity contribution in [2.24, 2.45) is 5.92 Å². The molecular formula is C19H25N5O3S. The summed E-state index contributed by atoms with van der Waals surface area (Å²) in [5.41, 5.74) is 1.07. The topological polar surface area (TPSA) is 97.2 Å². The lowest BCUT2D eigenvalue weighted by Crippen LogP contribution is -2.36. The third-order valence-electron chi connectivity index (χ3n) is 5.64. The molecule has 2 atom stereocenters. The number of aromatic nitrogens is 3. The predicted molar refractivity (Wildman–Crippen MR) is 104 cm³/mol. The highest BCUT2D eigenvalue weighted by Gasteiger charge is 2.35. The van der Waals surface area contributed by atoms with Gasteiger partial charge in [-0.1, -0.05) is 30.3 Å². The number of fused-ring (bicyclic) bond motifs is 1. The van der Waals surface area contributed by atoms with Crippen molar-refractivity contribution in [2.45, 2.75) is 38.3 Å². The van der Waals surface area contributed by atoms with E-state index in [1.807, 2.05) is 34.9 Å². The van der Waals surface area contributed by atoms with E-state index in [1.54, 1.807) is 0 Å². The van der Waals surface area contributed by atoms with Crippen LogP contribution in [0.1, 0.15) is 36.0 Å². The Morgan fingerprint density at radius 3 is 2.68 bits per heavy atom. The molecule has 0 bridgehead atoms. The molecule has 4 rings (SSSR count). The Labute approximate surface area is 165 Å². The molecule has 1 aromatic carbocycles. The lowest BCUT2D eigenvalue weighted by atomic mass is 9.97. The zero-order chi connectivity index (χ0) is 19.7. The van der Waals surface area contributed by atoms with E-state index < -0.39 is 10.0 Å². The number of benzene rings is 1. The fourth-order valence-corrected chi connectivity index (χ4v) is 4.92. The molecule has 9 heteroatoms. The number of amides is 1. The first-order chi connectivity index (χ1) is 13.4. The molecular weight excluding hydrogens is 378 g/mol. The Bertz CT molecular complexity index is 957. The van der Waals surface area contributed by atoms with E-state index in [2.05, 4.69) is 15.5 Å². The van der Waals surface area contributed by atoms with Crippen LogP contribution in [0.2, 0.25) is 0 Å². The van der Waals surface area contributed by atoms with Crippen molar-refractivity contribution in [3.8, 4) is 0 Å². The first kappa shape index (κ1) is 19.1. The number of hydrogen-bond acceptors (Lipinski definition) is 5. The summed E-state index contributed by atoms with van der Waals surface area (Å²) < 4.78 is 27.1. The summed E-state index contributed by atoms with van der Waals surface area (Å²) in [5, 5.41) is 11.7. The maximum absolute atomic E-state index is 12.7. The summed E-state index contributed by atoms with van der Waals surface area (Å²) in [6, 6.07) is 9.85. The van der Waals surface area contributed by atoms with Crippen LogP contribution in [-0.4, -0.2) is 52.7 Å². The van der Waals surface area contributed by atoms with Crippen LogP contribution in [0.4, 0.5) is 0 Å².